The van der Waals surface area contributed by atoms with E-state index in [0.29, 0.717) is 17.7 Å². The molecule has 5 rings (SSSR count). The molecule has 10 heteroatoms. The van der Waals surface area contributed by atoms with Crippen LogP contribution in [0.25, 0.3) is 10.2 Å². The van der Waals surface area contributed by atoms with Gasteiger partial charge in [-0.15, -0.1) is 11.3 Å². The van der Waals surface area contributed by atoms with Crippen LogP contribution in [0.4, 0.5) is 10.1 Å². The minimum atomic E-state index is -1.05. The number of pyridine rings is 1. The summed E-state index contributed by atoms with van der Waals surface area (Å²) >= 11 is 1.43. The first-order chi connectivity index (χ1) is 17.6. The lowest BCUT2D eigenvalue weighted by Crippen LogP contribution is -2.44. The third-order valence-electron chi connectivity index (χ3n) is 5.57. The van der Waals surface area contributed by atoms with E-state index in [1.807, 2.05) is 6.07 Å². The van der Waals surface area contributed by atoms with E-state index in [0.717, 1.165) is 22.2 Å². The van der Waals surface area contributed by atoms with Crippen molar-refractivity contribution in [3.05, 3.63) is 108 Å². The maximum absolute atomic E-state index is 13.7. The number of amides is 2. The fraction of sp³-hybridized carbons (Fsp3) is 0.115. The van der Waals surface area contributed by atoms with Crippen LogP contribution < -0.4 is 10.2 Å². The van der Waals surface area contributed by atoms with Gasteiger partial charge >= 0.3 is 0 Å². The molecule has 8 nitrogen and oxygen atoms in total. The predicted octanol–water partition coefficient (Wildman–Crippen LogP) is 4.57. The zero-order chi connectivity index (χ0) is 24.9. The van der Waals surface area contributed by atoms with Gasteiger partial charge in [-0.25, -0.2) is 14.4 Å². The molecule has 3 aromatic heterocycles. The summed E-state index contributed by atoms with van der Waals surface area (Å²) in [4.78, 5) is 41.2. The summed E-state index contributed by atoms with van der Waals surface area (Å²) < 4.78 is 19.5. The van der Waals surface area contributed by atoms with Crippen LogP contribution in [0.3, 0.4) is 0 Å². The molecule has 180 valence electrons. The van der Waals surface area contributed by atoms with Gasteiger partial charge in [-0.3, -0.25) is 19.5 Å². The Bertz CT molecular complexity index is 1490. The maximum Gasteiger partial charge on any atom is 0.281 e. The first-order valence-electron chi connectivity index (χ1n) is 11.1. The van der Waals surface area contributed by atoms with E-state index in [9.17, 15) is 14.0 Å². The summed E-state index contributed by atoms with van der Waals surface area (Å²) in [6.45, 7) is 0.249. The van der Waals surface area contributed by atoms with Crippen molar-refractivity contribution in [2.45, 2.75) is 12.5 Å². The van der Waals surface area contributed by atoms with Crippen LogP contribution in [0, 0.1) is 5.82 Å². The summed E-state index contributed by atoms with van der Waals surface area (Å²) in [5.41, 5.74) is 4.32. The molecule has 1 N–H and O–H groups in total. The molecule has 1 atom stereocenters. The molecule has 0 fully saturated rings. The fourth-order valence-corrected chi connectivity index (χ4v) is 4.60. The molecule has 0 bridgehead atoms. The molecule has 3 heterocycles. The number of fused-ring (bicyclic) bond motifs is 1. The second kappa shape index (κ2) is 10.4. The number of thiazole rings is 1. The third kappa shape index (κ3) is 4.98. The van der Waals surface area contributed by atoms with Crippen molar-refractivity contribution in [3.8, 4) is 0 Å². The Morgan fingerprint density at radius 1 is 1.11 bits per heavy atom. The summed E-state index contributed by atoms with van der Waals surface area (Å²) in [5.74, 6) is -1.27. The third-order valence-corrected chi connectivity index (χ3v) is 6.36. The molecule has 0 aliphatic rings. The molecular weight excluding hydrogens is 481 g/mol. The number of halogens is 1. The number of nitrogens with zero attached hydrogens (tertiary/aromatic N) is 4. The molecule has 0 radical (unpaired) electrons. The lowest BCUT2D eigenvalue weighted by molar-refractivity contribution is -0.122. The van der Waals surface area contributed by atoms with E-state index in [1.165, 1.54) is 34.6 Å². The number of carbonyl (C=O) groups excluding carboxylic acids is 2. The van der Waals surface area contributed by atoms with Gasteiger partial charge in [-0.05, 0) is 48.4 Å². The summed E-state index contributed by atoms with van der Waals surface area (Å²) in [6.07, 6.45) is 5.96. The first kappa shape index (κ1) is 23.3. The molecule has 0 spiro atoms. The minimum Gasteiger partial charge on any atom is -0.451 e. The van der Waals surface area contributed by atoms with E-state index >= 15 is 0 Å². The molecule has 1 unspecified atom stereocenters. The molecule has 2 amide bonds. The van der Waals surface area contributed by atoms with E-state index in [1.54, 1.807) is 54.3 Å². The summed E-state index contributed by atoms with van der Waals surface area (Å²) in [6, 6.07) is 13.9. The zero-order valence-corrected chi connectivity index (χ0v) is 19.7. The Hall–Kier alpha value is -4.44. The van der Waals surface area contributed by atoms with E-state index in [-0.39, 0.29) is 18.1 Å². The predicted molar refractivity (Wildman–Crippen MR) is 133 cm³/mol. The summed E-state index contributed by atoms with van der Waals surface area (Å²) in [7, 11) is 0. The van der Waals surface area contributed by atoms with Gasteiger partial charge in [0.15, 0.2) is 12.1 Å². The topological polar surface area (TPSA) is 101 Å². The Kier molecular flexibility index (Phi) is 6.76. The number of hydrogen-bond donors (Lipinski definition) is 1. The number of hydrogen-bond acceptors (Lipinski definition) is 7. The lowest BCUT2D eigenvalue weighted by Gasteiger charge is -2.30. The standard InChI is InChI=1S/C26H20FN5O3S/c27-19-5-1-3-17(11-19)8-10-29-25(33)24(18-4-2-9-28-13-18)32(26(34)22-14-35-15-30-22)20-6-7-21-23(12-20)36-16-31-21/h1-7,9,11-16,24H,8,10H2,(H,29,33). The number of carbonyl (C=O) groups is 2. The maximum atomic E-state index is 13.7. The molecular formula is C26H20FN5O3S. The van der Waals surface area contributed by atoms with Crippen molar-refractivity contribution in [2.75, 3.05) is 11.4 Å². The minimum absolute atomic E-state index is 0.0563. The highest BCUT2D eigenvalue weighted by atomic mass is 32.1. The highest BCUT2D eigenvalue weighted by molar-refractivity contribution is 7.16. The quantitative estimate of drug-likeness (QED) is 0.334. The van der Waals surface area contributed by atoms with E-state index < -0.39 is 17.9 Å². The Morgan fingerprint density at radius 3 is 2.81 bits per heavy atom. The van der Waals surface area contributed by atoms with Gasteiger partial charge in [0.05, 0.1) is 15.7 Å². The molecule has 0 aliphatic heterocycles. The SMILES string of the molecule is O=C(NCCc1cccc(F)c1)C(c1cccnc1)N(C(=O)c1cocn1)c1ccc2ncsc2c1. The molecule has 0 saturated carbocycles. The van der Waals surface area contributed by atoms with Crippen LogP contribution in [-0.2, 0) is 11.2 Å². The Balaban J connectivity index is 1.51. The number of anilines is 1. The normalized spacial score (nSPS) is 11.8. The monoisotopic (exact) mass is 501 g/mol. The number of rotatable bonds is 8. The highest BCUT2D eigenvalue weighted by Gasteiger charge is 2.34. The molecule has 0 saturated heterocycles. The number of oxazole rings is 1. The highest BCUT2D eigenvalue weighted by Crippen LogP contribution is 2.32. The molecule has 2 aromatic carbocycles. The van der Waals surface area contributed by atoms with Gasteiger partial charge in [0.2, 0.25) is 5.91 Å². The second-order valence-corrected chi connectivity index (χ2v) is 8.80. The number of aromatic nitrogens is 3. The van der Waals surface area contributed by atoms with Gasteiger partial charge in [0.1, 0.15) is 18.1 Å². The molecule has 5 aromatic rings. The van der Waals surface area contributed by atoms with Gasteiger partial charge in [-0.1, -0.05) is 18.2 Å². The van der Waals surface area contributed by atoms with Crippen LogP contribution >= 0.6 is 11.3 Å². The second-order valence-electron chi connectivity index (χ2n) is 7.91. The zero-order valence-electron chi connectivity index (χ0n) is 18.9. The van der Waals surface area contributed by atoms with Crippen molar-refractivity contribution in [1.82, 2.24) is 20.3 Å². The van der Waals surface area contributed by atoms with Crippen molar-refractivity contribution in [3.63, 3.8) is 0 Å². The van der Waals surface area contributed by atoms with Crippen LogP contribution in [-0.4, -0.2) is 33.3 Å². The van der Waals surface area contributed by atoms with Gasteiger partial charge in [0.25, 0.3) is 5.91 Å². The Morgan fingerprint density at radius 2 is 2.03 bits per heavy atom. The molecule has 0 aliphatic carbocycles. The number of nitrogens with one attached hydrogen (secondary N) is 1. The number of benzene rings is 2. The first-order valence-corrected chi connectivity index (χ1v) is 12.0. The average Bonchev–Trinajstić information content (AvgIpc) is 3.59. The van der Waals surface area contributed by atoms with Gasteiger partial charge in [0, 0.05) is 30.2 Å². The fourth-order valence-electron chi connectivity index (χ4n) is 3.89. The largest absolute Gasteiger partial charge is 0.451 e. The van der Waals surface area contributed by atoms with Crippen LogP contribution in [0.5, 0.6) is 0 Å². The van der Waals surface area contributed by atoms with E-state index in [2.05, 4.69) is 20.3 Å². The van der Waals surface area contributed by atoms with E-state index in [4.69, 9.17) is 4.42 Å². The van der Waals surface area contributed by atoms with Gasteiger partial charge < -0.3 is 9.73 Å². The lowest BCUT2D eigenvalue weighted by atomic mass is 10.0. The van der Waals surface area contributed by atoms with Crippen LogP contribution in [0.15, 0.2) is 89.6 Å². The van der Waals surface area contributed by atoms with Crippen molar-refractivity contribution in [1.29, 1.82) is 0 Å². The smallest absolute Gasteiger partial charge is 0.281 e. The molecule has 36 heavy (non-hydrogen) atoms. The van der Waals surface area contributed by atoms with Crippen LogP contribution in [0.1, 0.15) is 27.7 Å². The van der Waals surface area contributed by atoms with Crippen LogP contribution in [0.2, 0.25) is 0 Å². The van der Waals surface area contributed by atoms with Crippen molar-refractivity contribution >= 4 is 39.1 Å². The van der Waals surface area contributed by atoms with Gasteiger partial charge in [-0.2, -0.15) is 0 Å². The average molecular weight is 502 g/mol. The Labute approximate surface area is 209 Å². The summed E-state index contributed by atoms with van der Waals surface area (Å²) in [5, 5.41) is 2.90. The van der Waals surface area contributed by atoms with Crippen molar-refractivity contribution < 1.29 is 18.4 Å². The van der Waals surface area contributed by atoms with Crippen molar-refractivity contribution in [2.24, 2.45) is 0 Å².